The Labute approximate surface area is 823 Å². The number of aliphatic hydroxyl groups is 1. The number of aldehydes is 1. The lowest BCUT2D eigenvalue weighted by Crippen LogP contribution is -2.44. The van der Waals surface area contributed by atoms with E-state index in [1.807, 2.05) is 28.8 Å². The minimum absolute atomic E-state index is 0.000772. The van der Waals surface area contributed by atoms with Crippen LogP contribution in [-0.2, 0) is 20.9 Å². The predicted octanol–water partition coefficient (Wildman–Crippen LogP) is 19.3. The maximum absolute atomic E-state index is 13.0. The van der Waals surface area contributed by atoms with Crippen LogP contribution in [0.25, 0.3) is 21.8 Å². The number of carbonyl (C=O) groups excluding carboxylic acids is 3. The van der Waals surface area contributed by atoms with Gasteiger partial charge in [0, 0.05) is 182 Å². The number of fused-ring (bicyclic) bond motifs is 2. The summed E-state index contributed by atoms with van der Waals surface area (Å²) >= 11 is 34.6. The van der Waals surface area contributed by atoms with Crippen molar-refractivity contribution in [2.75, 3.05) is 117 Å². The van der Waals surface area contributed by atoms with Crippen LogP contribution in [0.3, 0.4) is 0 Å². The lowest BCUT2D eigenvalue weighted by molar-refractivity contribution is -0.135. The van der Waals surface area contributed by atoms with Crippen molar-refractivity contribution in [2.45, 2.75) is 203 Å². The summed E-state index contributed by atoms with van der Waals surface area (Å²) in [6.07, 6.45) is 37.8. The zero-order chi connectivity index (χ0) is 97.6. The second kappa shape index (κ2) is 55.0. The molecule has 0 atom stereocenters. The molecule has 0 spiro atoms. The van der Waals surface area contributed by atoms with Crippen LogP contribution in [0.1, 0.15) is 220 Å². The number of pyridine rings is 8. The highest BCUT2D eigenvalue weighted by atomic mass is 35.5. The Bertz CT molecular complexity index is 5850. The summed E-state index contributed by atoms with van der Waals surface area (Å²) < 4.78 is 12.7. The van der Waals surface area contributed by atoms with Gasteiger partial charge in [-0.1, -0.05) is 147 Å². The highest BCUT2D eigenvalue weighted by Gasteiger charge is 2.27. The number of aliphatic carboxylic acids is 1. The van der Waals surface area contributed by atoms with Crippen molar-refractivity contribution in [3.05, 3.63) is 219 Å². The number of benzene rings is 2. The fourth-order valence-corrected chi connectivity index (χ4v) is 18.3. The van der Waals surface area contributed by atoms with Crippen molar-refractivity contribution >= 4 is 161 Å². The number of anilines is 8. The number of nitrogens with zero attached hydrogens (tertiary/aromatic N) is 15. The van der Waals surface area contributed by atoms with Crippen molar-refractivity contribution in [1.82, 2.24) is 48.8 Å². The van der Waals surface area contributed by atoms with Gasteiger partial charge in [-0.15, -0.1) is 0 Å². The lowest BCUT2D eigenvalue weighted by atomic mass is 10.1. The van der Waals surface area contributed by atoms with E-state index in [1.54, 1.807) is 59.6 Å². The van der Waals surface area contributed by atoms with E-state index in [-0.39, 0.29) is 56.7 Å². The van der Waals surface area contributed by atoms with E-state index in [0.717, 1.165) is 186 Å². The Kier molecular flexibility index (Phi) is 43.1. The molecular formula is C99H119Cl6N21O10. The lowest BCUT2D eigenvalue weighted by Gasteiger charge is -2.34. The average molecular weight is 1980 g/mol. The summed E-state index contributed by atoms with van der Waals surface area (Å²) in [6, 6.07) is 37.8. The highest BCUT2D eigenvalue weighted by molar-refractivity contribution is 6.36. The first-order valence-electron chi connectivity index (χ1n) is 46.0. The van der Waals surface area contributed by atoms with E-state index in [4.69, 9.17) is 107 Å². The molecule has 2 aliphatic heterocycles. The number of nitrogens with one attached hydrogen (secondary N) is 4. The minimum Gasteiger partial charge on any atom is -0.480 e. The second-order valence-corrected chi connectivity index (χ2v) is 36.7. The van der Waals surface area contributed by atoms with Gasteiger partial charge in [-0.25, -0.2) is 39.5 Å². The molecule has 37 heteroatoms. The number of hydrogen-bond donors (Lipinski definition) is 8. The summed E-state index contributed by atoms with van der Waals surface area (Å²) in [5.41, 5.74) is 21.5. The molecule has 10 heterocycles. The van der Waals surface area contributed by atoms with Gasteiger partial charge in [0.2, 0.25) is 0 Å². The van der Waals surface area contributed by atoms with Gasteiger partial charge in [0.1, 0.15) is 66.8 Å². The summed E-state index contributed by atoms with van der Waals surface area (Å²) in [4.78, 5) is 102. The maximum atomic E-state index is 13.0. The number of rotatable bonds is 17. The molecule has 6 aliphatic carbocycles. The van der Waals surface area contributed by atoms with Crippen molar-refractivity contribution in [1.29, 1.82) is 15.8 Å². The van der Waals surface area contributed by atoms with E-state index >= 15 is 0 Å². The zero-order valence-electron chi connectivity index (χ0n) is 77.1. The second-order valence-electron chi connectivity index (χ2n) is 34.3. The first-order chi connectivity index (χ1) is 65.7. The van der Waals surface area contributed by atoms with E-state index < -0.39 is 24.3 Å². The van der Waals surface area contributed by atoms with Gasteiger partial charge >= 0.3 is 17.9 Å². The Morgan fingerprint density at radius 1 is 0.485 bits per heavy atom. The van der Waals surface area contributed by atoms with Crippen molar-refractivity contribution in [3.8, 4) is 18.2 Å². The third-order valence-electron chi connectivity index (χ3n) is 24.6. The number of ether oxygens (including phenoxy) is 2. The standard InChI is InChI=1S/C25H28N6O.C14H12ClN3O.C12H15ClN2O2.C11H15ClN2O.C11H13ClN2O.C11H17N3.C7H5Cl2NO2.C5H11N.C3H3NO2/c1-29-10-12-30(13-11-29)21-8-6-20(7-9-21)28-24-15-23-19(17-27-24)14-18(16-26)25(32)31(23)22-4-2-3-5-22;15-13-6-12-10(8-17-13)5-9(7-16)14(19)18(12)11-3-1-2-4-11;1-17-12(16)9-7-14-11(13)6-10(9)15-8-4-2-3-5-8;2*12-11-5-10(8(7-15)6-13-11)14-9-3-1-2-4-9;1-13-6-8-14(9-7-13)11-4-2-10(12)3-5-11;1-12-7(11)4-3-10-6(9)2-5(4)8;6-5-3-1-2-4-5;4-2-1-3(5)6/h6-9,14-15,17,22H,2-5,10-13H2,1H3,(H,27,28);5-6,8,11H,1-4H2;6-8H,2-5H2,1H3,(H,14,15);5-6,9,15H,1-4,7H2,(H,13,14);5-7,9H,1-4H2,(H,13,14);2-5H,6-9,12H2,1H3;2-3H,1H3;5H,1-4,6H2;1H2,(H,5,6). The van der Waals surface area contributed by atoms with Crippen LogP contribution >= 0.6 is 69.6 Å². The number of carboxylic acid groups (broad SMARTS) is 1. The highest BCUT2D eigenvalue weighted by Crippen LogP contribution is 2.36. The number of esters is 2. The number of carbonyl (C=O) groups is 4. The maximum Gasteiger partial charge on any atom is 0.341 e. The number of likely N-dealkylation sites (N-methyl/N-ethyl adjacent to an activating group) is 2. The molecule has 6 saturated carbocycles. The van der Waals surface area contributed by atoms with Gasteiger partial charge in [0.05, 0.1) is 59.8 Å². The molecule has 2 saturated heterocycles. The predicted molar refractivity (Wildman–Crippen MR) is 539 cm³/mol. The first kappa shape index (κ1) is 107. The van der Waals surface area contributed by atoms with Crippen LogP contribution < -0.4 is 53.7 Å². The number of nitrogens with two attached hydrogens (primary N) is 2. The first-order valence-corrected chi connectivity index (χ1v) is 48.2. The largest absolute Gasteiger partial charge is 0.480 e. The molecule has 0 unspecified atom stereocenters. The summed E-state index contributed by atoms with van der Waals surface area (Å²) in [5, 5.41) is 60.2. The molecule has 8 aromatic heterocycles. The van der Waals surface area contributed by atoms with E-state index in [9.17, 15) is 34.0 Å². The van der Waals surface area contributed by atoms with Crippen LogP contribution in [0.5, 0.6) is 0 Å². The third-order valence-corrected chi connectivity index (χ3v) is 26.0. The number of carboxylic acids is 1. The summed E-state index contributed by atoms with van der Waals surface area (Å²) in [5.74, 6) is -1.29. The number of methoxy groups -OCH3 is 2. The molecule has 8 fully saturated rings. The number of hydrogen-bond acceptors (Lipinski definition) is 28. The van der Waals surface area contributed by atoms with Gasteiger partial charge < -0.3 is 81.2 Å². The molecule has 136 heavy (non-hydrogen) atoms. The number of piperazine rings is 2. The molecule has 8 aliphatic rings. The number of halogens is 6. The molecule has 0 bridgehead atoms. The SMILES string of the molecule is CN1CCN(c2ccc(N)cc2)CC1.CN1CCN(c2ccc(Nc3cc4c(cn3)cc(C#N)c(=O)n4C3CCCC3)cc2)CC1.COC(=O)c1cnc(Cl)cc1Cl.COC(=O)c1cnc(Cl)cc1NC1CCCC1.N#CCC(=O)O.N#Cc1cc2cnc(Cl)cc2n(C2CCCC2)c1=O.NC1CCCC1.O=Cc1cnc(Cl)cc1NC1CCCC1.OCc1cnc(Cl)cc1NC1CCCC1. The smallest absolute Gasteiger partial charge is 0.341 e. The Balaban J connectivity index is 0.000000164. The number of nitriles is 3. The average Bonchev–Trinajstić information content (AvgIpc) is 1.17. The van der Waals surface area contributed by atoms with Gasteiger partial charge in [-0.2, -0.15) is 15.8 Å². The van der Waals surface area contributed by atoms with E-state index in [2.05, 4.69) is 132 Å². The van der Waals surface area contributed by atoms with Crippen molar-refractivity contribution < 1.29 is 38.9 Å². The molecule has 18 rings (SSSR count). The van der Waals surface area contributed by atoms with Crippen molar-refractivity contribution in [3.63, 3.8) is 0 Å². The van der Waals surface area contributed by atoms with Crippen LogP contribution in [0.2, 0.25) is 30.8 Å². The van der Waals surface area contributed by atoms with Gasteiger partial charge in [0.15, 0.2) is 6.29 Å². The molecular weight excluding hydrogens is 1860 g/mol. The Morgan fingerprint density at radius 2 is 0.875 bits per heavy atom. The van der Waals surface area contributed by atoms with E-state index in [1.165, 1.54) is 133 Å². The quantitative estimate of drug-likeness (QED) is 0.0182. The third kappa shape index (κ3) is 32.6. The molecule has 10 N–H and O–H groups in total. The van der Waals surface area contributed by atoms with Gasteiger partial charge in [-0.05, 0) is 182 Å². The van der Waals surface area contributed by atoms with Gasteiger partial charge in [0.25, 0.3) is 11.1 Å². The van der Waals surface area contributed by atoms with Crippen LogP contribution in [0.15, 0.2) is 144 Å². The van der Waals surface area contributed by atoms with Crippen LogP contribution in [0.4, 0.5) is 45.6 Å². The Morgan fingerprint density at radius 3 is 1.31 bits per heavy atom. The molecule has 10 aromatic rings. The Hall–Kier alpha value is -11.5. The topological polar surface area (TPSA) is 433 Å². The van der Waals surface area contributed by atoms with E-state index in [0.29, 0.717) is 67.4 Å². The number of nitrogen functional groups attached to an aromatic ring is 1. The van der Waals surface area contributed by atoms with Crippen LogP contribution in [-0.4, -0.2) is 188 Å². The summed E-state index contributed by atoms with van der Waals surface area (Å²) in [6.45, 7) is 8.75. The zero-order valence-corrected chi connectivity index (χ0v) is 81.6. The monoisotopic (exact) mass is 1970 g/mol. The van der Waals surface area contributed by atoms with Crippen molar-refractivity contribution in [2.24, 2.45) is 5.73 Å². The summed E-state index contributed by atoms with van der Waals surface area (Å²) in [7, 11) is 6.96. The molecule has 31 nitrogen and oxygen atoms in total. The normalized spacial score (nSPS) is 16.2. The number of aromatic nitrogens is 8. The molecule has 0 radical (unpaired) electrons. The minimum atomic E-state index is -1.07. The fourth-order valence-electron chi connectivity index (χ4n) is 17.2. The molecule has 0 amide bonds. The molecule has 722 valence electrons. The fraction of sp³-hybridized carbons (Fsp3) is 0.444. The van der Waals surface area contributed by atoms with Crippen LogP contribution in [0, 0.1) is 34.0 Å². The van der Waals surface area contributed by atoms with Gasteiger partial charge in [-0.3, -0.25) is 19.2 Å². The molecule has 2 aromatic carbocycles. The number of aliphatic hydroxyl groups excluding tert-OH is 1.